The average molecular weight is 396 g/mol. The standard InChI is InChI=1S/C14H28N4O.HI/c1-11(10-18-4-6-19-7-5-18)9-16-14(15-3)17-13-8-12(13)2;/h11-13H,4-10H2,1-3H3,(H2,15,16,17);1H. The van der Waals surface area contributed by atoms with Gasteiger partial charge in [0.2, 0.25) is 0 Å². The Bertz CT molecular complexity index is 308. The van der Waals surface area contributed by atoms with Gasteiger partial charge in [0.1, 0.15) is 0 Å². The lowest BCUT2D eigenvalue weighted by molar-refractivity contribution is 0.0320. The Kier molecular flexibility index (Phi) is 8.13. The number of nitrogens with one attached hydrogen (secondary N) is 2. The quantitative estimate of drug-likeness (QED) is 0.416. The van der Waals surface area contributed by atoms with Crippen molar-refractivity contribution in [3.05, 3.63) is 0 Å². The molecule has 1 saturated heterocycles. The summed E-state index contributed by atoms with van der Waals surface area (Å²) in [6, 6.07) is 0.626. The zero-order chi connectivity index (χ0) is 13.7. The van der Waals surface area contributed by atoms with Gasteiger partial charge in [0.15, 0.2) is 5.96 Å². The zero-order valence-electron chi connectivity index (χ0n) is 12.9. The Morgan fingerprint density at radius 2 is 2.05 bits per heavy atom. The van der Waals surface area contributed by atoms with Gasteiger partial charge in [-0.25, -0.2) is 0 Å². The molecule has 0 amide bonds. The van der Waals surface area contributed by atoms with Crippen LogP contribution in [0, 0.1) is 11.8 Å². The number of guanidine groups is 1. The van der Waals surface area contributed by atoms with Crippen LogP contribution in [0.15, 0.2) is 4.99 Å². The maximum Gasteiger partial charge on any atom is 0.191 e. The molecule has 0 aromatic rings. The molecule has 0 bridgehead atoms. The minimum absolute atomic E-state index is 0. The van der Waals surface area contributed by atoms with Crippen LogP contribution < -0.4 is 10.6 Å². The number of hydrogen-bond donors (Lipinski definition) is 2. The molecule has 118 valence electrons. The van der Waals surface area contributed by atoms with Crippen molar-refractivity contribution in [3.8, 4) is 0 Å². The predicted octanol–water partition coefficient (Wildman–Crippen LogP) is 1.15. The molecule has 2 aliphatic rings. The smallest absolute Gasteiger partial charge is 0.191 e. The van der Waals surface area contributed by atoms with Crippen LogP contribution in [-0.2, 0) is 4.74 Å². The summed E-state index contributed by atoms with van der Waals surface area (Å²) in [6.45, 7) is 10.5. The molecule has 1 aliphatic heterocycles. The summed E-state index contributed by atoms with van der Waals surface area (Å²) in [5.41, 5.74) is 0. The summed E-state index contributed by atoms with van der Waals surface area (Å²) in [6.07, 6.45) is 1.27. The van der Waals surface area contributed by atoms with Crippen molar-refractivity contribution in [2.24, 2.45) is 16.8 Å². The number of hydrogen-bond acceptors (Lipinski definition) is 3. The fourth-order valence-electron chi connectivity index (χ4n) is 2.45. The van der Waals surface area contributed by atoms with Crippen LogP contribution in [-0.4, -0.2) is 63.3 Å². The second-order valence-electron chi connectivity index (χ2n) is 5.94. The third-order valence-corrected chi connectivity index (χ3v) is 3.95. The molecular formula is C14H29IN4O. The van der Waals surface area contributed by atoms with Crippen molar-refractivity contribution in [3.63, 3.8) is 0 Å². The summed E-state index contributed by atoms with van der Waals surface area (Å²) in [7, 11) is 1.84. The van der Waals surface area contributed by atoms with E-state index in [4.69, 9.17) is 4.74 Å². The third kappa shape index (κ3) is 6.13. The van der Waals surface area contributed by atoms with E-state index in [9.17, 15) is 0 Å². The second kappa shape index (κ2) is 9.04. The van der Waals surface area contributed by atoms with Gasteiger partial charge in [0.05, 0.1) is 13.2 Å². The molecule has 3 unspecified atom stereocenters. The largest absolute Gasteiger partial charge is 0.379 e. The maximum atomic E-state index is 5.37. The van der Waals surface area contributed by atoms with Crippen molar-refractivity contribution in [2.75, 3.05) is 46.4 Å². The lowest BCUT2D eigenvalue weighted by Crippen LogP contribution is -2.44. The van der Waals surface area contributed by atoms with Gasteiger partial charge in [-0.3, -0.25) is 9.89 Å². The number of rotatable bonds is 5. The van der Waals surface area contributed by atoms with Crippen LogP contribution in [0.3, 0.4) is 0 Å². The van der Waals surface area contributed by atoms with E-state index in [-0.39, 0.29) is 24.0 Å². The second-order valence-corrected chi connectivity index (χ2v) is 5.94. The first kappa shape index (κ1) is 18.0. The van der Waals surface area contributed by atoms with Crippen LogP contribution in [0.1, 0.15) is 20.3 Å². The summed E-state index contributed by atoms with van der Waals surface area (Å²) in [5, 5.41) is 6.89. The highest BCUT2D eigenvalue weighted by molar-refractivity contribution is 14.0. The van der Waals surface area contributed by atoms with E-state index in [0.29, 0.717) is 12.0 Å². The first-order valence-electron chi connectivity index (χ1n) is 7.46. The van der Waals surface area contributed by atoms with Crippen LogP contribution in [0.4, 0.5) is 0 Å². The van der Waals surface area contributed by atoms with Crippen LogP contribution >= 0.6 is 24.0 Å². The summed E-state index contributed by atoms with van der Waals surface area (Å²) in [4.78, 5) is 6.76. The van der Waals surface area contributed by atoms with Gasteiger partial charge < -0.3 is 15.4 Å². The Labute approximate surface area is 139 Å². The van der Waals surface area contributed by atoms with Gasteiger partial charge in [0.25, 0.3) is 0 Å². The zero-order valence-corrected chi connectivity index (χ0v) is 15.2. The van der Waals surface area contributed by atoms with E-state index in [1.165, 1.54) is 6.42 Å². The van der Waals surface area contributed by atoms with Gasteiger partial charge in [-0.15, -0.1) is 24.0 Å². The molecule has 2 fully saturated rings. The van der Waals surface area contributed by atoms with Crippen LogP contribution in [0.25, 0.3) is 0 Å². The molecule has 0 spiro atoms. The Morgan fingerprint density at radius 1 is 1.40 bits per heavy atom. The molecule has 0 aromatic heterocycles. The highest BCUT2D eigenvalue weighted by Gasteiger charge is 2.33. The molecule has 1 aliphatic carbocycles. The Hall–Kier alpha value is -0.0800. The number of aliphatic imine (C=N–C) groups is 1. The molecule has 0 aromatic carbocycles. The fraction of sp³-hybridized carbons (Fsp3) is 0.929. The van der Waals surface area contributed by atoms with E-state index in [1.807, 2.05) is 7.05 Å². The summed E-state index contributed by atoms with van der Waals surface area (Å²) in [5.74, 6) is 2.36. The van der Waals surface area contributed by atoms with Gasteiger partial charge >= 0.3 is 0 Å². The van der Waals surface area contributed by atoms with E-state index in [1.54, 1.807) is 0 Å². The minimum Gasteiger partial charge on any atom is -0.379 e. The first-order chi connectivity index (χ1) is 9.19. The van der Waals surface area contributed by atoms with Crippen molar-refractivity contribution >= 4 is 29.9 Å². The number of ether oxygens (including phenoxy) is 1. The van der Waals surface area contributed by atoms with E-state index < -0.39 is 0 Å². The lowest BCUT2D eigenvalue weighted by Gasteiger charge is -2.29. The normalized spacial score (nSPS) is 28.4. The van der Waals surface area contributed by atoms with E-state index in [0.717, 1.165) is 51.3 Å². The molecule has 5 nitrogen and oxygen atoms in total. The van der Waals surface area contributed by atoms with Crippen LogP contribution in [0.2, 0.25) is 0 Å². The molecule has 0 radical (unpaired) electrons. The molecule has 1 heterocycles. The average Bonchev–Trinajstić information content (AvgIpc) is 3.11. The molecular weight excluding hydrogens is 367 g/mol. The topological polar surface area (TPSA) is 48.9 Å². The highest BCUT2D eigenvalue weighted by atomic mass is 127. The highest BCUT2D eigenvalue weighted by Crippen LogP contribution is 2.28. The van der Waals surface area contributed by atoms with Crippen molar-refractivity contribution in [1.82, 2.24) is 15.5 Å². The number of nitrogens with zero attached hydrogens (tertiary/aromatic N) is 2. The number of morpholine rings is 1. The Morgan fingerprint density at radius 3 is 2.60 bits per heavy atom. The van der Waals surface area contributed by atoms with E-state index >= 15 is 0 Å². The fourth-order valence-corrected chi connectivity index (χ4v) is 2.45. The van der Waals surface area contributed by atoms with Crippen molar-refractivity contribution < 1.29 is 4.74 Å². The monoisotopic (exact) mass is 396 g/mol. The SMILES string of the molecule is CN=C(NCC(C)CN1CCOCC1)NC1CC1C.I. The summed E-state index contributed by atoms with van der Waals surface area (Å²) >= 11 is 0. The minimum atomic E-state index is 0. The van der Waals surface area contributed by atoms with E-state index in [2.05, 4.69) is 34.4 Å². The van der Waals surface area contributed by atoms with Gasteiger partial charge in [-0.05, 0) is 18.3 Å². The molecule has 2 N–H and O–H groups in total. The molecule has 3 atom stereocenters. The number of halogens is 1. The summed E-state index contributed by atoms with van der Waals surface area (Å²) < 4.78 is 5.37. The third-order valence-electron chi connectivity index (χ3n) is 3.95. The molecule has 20 heavy (non-hydrogen) atoms. The maximum absolute atomic E-state index is 5.37. The van der Waals surface area contributed by atoms with Crippen LogP contribution in [0.5, 0.6) is 0 Å². The predicted molar refractivity (Wildman–Crippen MR) is 93.9 cm³/mol. The van der Waals surface area contributed by atoms with Gasteiger partial charge in [-0.2, -0.15) is 0 Å². The van der Waals surface area contributed by atoms with Crippen molar-refractivity contribution in [1.29, 1.82) is 0 Å². The molecule has 2 rings (SSSR count). The first-order valence-corrected chi connectivity index (χ1v) is 7.46. The molecule has 6 heteroatoms. The molecule has 1 saturated carbocycles. The Balaban J connectivity index is 0.00000200. The lowest BCUT2D eigenvalue weighted by atomic mass is 10.1. The van der Waals surface area contributed by atoms with Crippen molar-refractivity contribution in [2.45, 2.75) is 26.3 Å². The van der Waals surface area contributed by atoms with Gasteiger partial charge in [-0.1, -0.05) is 13.8 Å². The van der Waals surface area contributed by atoms with Gasteiger partial charge in [0, 0.05) is 39.3 Å².